The number of aliphatic imine (C=N–C) groups is 1. The summed E-state index contributed by atoms with van der Waals surface area (Å²) < 4.78 is 0. The SMILES string of the molecule is CC1CCCC(C)N1Cc1ccc(N=C(c2ccccc2)c2c(O)[nH]c3cc(C(=O)O)ccc23)cc1. The van der Waals surface area contributed by atoms with Gasteiger partial charge in [-0.25, -0.2) is 9.79 Å². The lowest BCUT2D eigenvalue weighted by Gasteiger charge is -2.39. The molecule has 0 amide bonds. The number of aromatic amines is 1. The molecule has 3 N–H and O–H groups in total. The molecule has 2 unspecified atom stereocenters. The van der Waals surface area contributed by atoms with Gasteiger partial charge in [-0.1, -0.05) is 55.0 Å². The molecule has 0 radical (unpaired) electrons. The minimum Gasteiger partial charge on any atom is -0.494 e. The summed E-state index contributed by atoms with van der Waals surface area (Å²) in [5.41, 5.74) is 4.77. The van der Waals surface area contributed by atoms with Gasteiger partial charge in [0.1, 0.15) is 0 Å². The van der Waals surface area contributed by atoms with Crippen LogP contribution in [0.2, 0.25) is 0 Å². The van der Waals surface area contributed by atoms with Gasteiger partial charge < -0.3 is 15.2 Å². The number of H-pyrrole nitrogens is 1. The highest BCUT2D eigenvalue weighted by Crippen LogP contribution is 2.32. The van der Waals surface area contributed by atoms with Gasteiger partial charge in [-0.15, -0.1) is 0 Å². The van der Waals surface area contributed by atoms with E-state index in [9.17, 15) is 15.0 Å². The van der Waals surface area contributed by atoms with Crippen LogP contribution in [0.3, 0.4) is 0 Å². The Morgan fingerprint density at radius 3 is 2.33 bits per heavy atom. The third-order valence-electron chi connectivity index (χ3n) is 7.23. The Hall–Kier alpha value is -3.90. The monoisotopic (exact) mass is 481 g/mol. The molecule has 4 aromatic rings. The minimum absolute atomic E-state index is 0.0418. The second-order valence-corrected chi connectivity index (χ2v) is 9.71. The highest BCUT2D eigenvalue weighted by atomic mass is 16.4. The number of carboxylic acids is 1. The Kier molecular flexibility index (Phi) is 6.61. The summed E-state index contributed by atoms with van der Waals surface area (Å²) in [6, 6.07) is 24.0. The first-order chi connectivity index (χ1) is 17.4. The second-order valence-electron chi connectivity index (χ2n) is 9.71. The van der Waals surface area contributed by atoms with Crippen molar-refractivity contribution in [2.45, 2.75) is 51.7 Å². The first-order valence-corrected chi connectivity index (χ1v) is 12.5. The van der Waals surface area contributed by atoms with Crippen molar-refractivity contribution in [1.29, 1.82) is 0 Å². The molecule has 3 aromatic carbocycles. The number of likely N-dealkylation sites (tertiary alicyclic amines) is 1. The summed E-state index contributed by atoms with van der Waals surface area (Å²) in [6.45, 7) is 5.55. The van der Waals surface area contributed by atoms with E-state index in [1.54, 1.807) is 12.1 Å². The van der Waals surface area contributed by atoms with Gasteiger partial charge in [0.25, 0.3) is 0 Å². The highest BCUT2D eigenvalue weighted by Gasteiger charge is 2.24. The fourth-order valence-electron chi connectivity index (χ4n) is 5.22. The van der Waals surface area contributed by atoms with Gasteiger partial charge in [0.15, 0.2) is 5.88 Å². The number of carbonyl (C=O) groups is 1. The van der Waals surface area contributed by atoms with E-state index in [1.165, 1.54) is 30.9 Å². The molecule has 2 heterocycles. The summed E-state index contributed by atoms with van der Waals surface area (Å²) >= 11 is 0. The van der Waals surface area contributed by atoms with Gasteiger partial charge in [-0.2, -0.15) is 0 Å². The predicted molar refractivity (Wildman–Crippen MR) is 143 cm³/mol. The minimum atomic E-state index is -1.02. The topological polar surface area (TPSA) is 88.9 Å². The molecule has 0 bridgehead atoms. The number of benzene rings is 3. The molecule has 1 aromatic heterocycles. The van der Waals surface area contributed by atoms with Crippen molar-refractivity contribution in [2.75, 3.05) is 0 Å². The van der Waals surface area contributed by atoms with Gasteiger partial charge in [0, 0.05) is 35.1 Å². The van der Waals surface area contributed by atoms with Gasteiger partial charge in [0.05, 0.1) is 22.5 Å². The normalized spacial score (nSPS) is 19.0. The number of hydrogen-bond donors (Lipinski definition) is 3. The Balaban J connectivity index is 1.52. The smallest absolute Gasteiger partial charge is 0.335 e. The zero-order chi connectivity index (χ0) is 25.2. The number of nitrogens with zero attached hydrogens (tertiary/aromatic N) is 2. The highest BCUT2D eigenvalue weighted by molar-refractivity contribution is 6.22. The van der Waals surface area contributed by atoms with Crippen LogP contribution in [0.1, 0.15) is 60.2 Å². The van der Waals surface area contributed by atoms with Crippen LogP contribution in [0.25, 0.3) is 10.9 Å². The van der Waals surface area contributed by atoms with Crippen LogP contribution in [0, 0.1) is 0 Å². The molecule has 0 spiro atoms. The Labute approximate surface area is 210 Å². The van der Waals surface area contributed by atoms with Crippen LogP contribution in [0.15, 0.2) is 77.8 Å². The first-order valence-electron chi connectivity index (χ1n) is 12.5. The van der Waals surface area contributed by atoms with E-state index in [4.69, 9.17) is 4.99 Å². The Morgan fingerprint density at radius 2 is 1.67 bits per heavy atom. The number of carboxylic acid groups (broad SMARTS) is 1. The molecule has 0 aliphatic carbocycles. The molecule has 6 heteroatoms. The van der Waals surface area contributed by atoms with Crippen LogP contribution in [-0.2, 0) is 6.54 Å². The fraction of sp³-hybridized carbons (Fsp3) is 0.267. The molecular weight excluding hydrogens is 450 g/mol. The summed E-state index contributed by atoms with van der Waals surface area (Å²) in [6.07, 6.45) is 3.79. The average molecular weight is 482 g/mol. The molecule has 184 valence electrons. The van der Waals surface area contributed by atoms with Crippen LogP contribution in [0.4, 0.5) is 5.69 Å². The lowest BCUT2D eigenvalue weighted by molar-refractivity contribution is 0.0697. The van der Waals surface area contributed by atoms with Gasteiger partial charge in [0.2, 0.25) is 0 Å². The second kappa shape index (κ2) is 9.99. The molecule has 6 nitrogen and oxygen atoms in total. The van der Waals surface area contributed by atoms with Gasteiger partial charge in [-0.05, 0) is 56.5 Å². The first kappa shape index (κ1) is 23.8. The molecule has 2 atom stereocenters. The number of hydrogen-bond acceptors (Lipinski definition) is 4. The van der Waals surface area contributed by atoms with Crippen molar-refractivity contribution in [1.82, 2.24) is 9.88 Å². The van der Waals surface area contributed by atoms with Crippen molar-refractivity contribution in [3.05, 3.63) is 95.1 Å². The van der Waals surface area contributed by atoms with Gasteiger partial charge >= 0.3 is 5.97 Å². The lowest BCUT2D eigenvalue weighted by Crippen LogP contribution is -2.42. The predicted octanol–water partition coefficient (Wildman–Crippen LogP) is 6.50. The summed E-state index contributed by atoms with van der Waals surface area (Å²) in [5.74, 6) is -1.06. The molecule has 1 aliphatic heterocycles. The van der Waals surface area contributed by atoms with Crippen molar-refractivity contribution >= 4 is 28.3 Å². The number of aromatic carboxylic acids is 1. The van der Waals surface area contributed by atoms with Gasteiger partial charge in [-0.3, -0.25) is 4.90 Å². The Bertz CT molecular complexity index is 1400. The van der Waals surface area contributed by atoms with Crippen LogP contribution in [0.5, 0.6) is 5.88 Å². The van der Waals surface area contributed by atoms with Crippen molar-refractivity contribution in [3.63, 3.8) is 0 Å². The number of aromatic nitrogens is 1. The zero-order valence-corrected chi connectivity index (χ0v) is 20.6. The lowest BCUT2D eigenvalue weighted by atomic mass is 9.96. The maximum absolute atomic E-state index is 11.4. The van der Waals surface area contributed by atoms with Crippen molar-refractivity contribution in [3.8, 4) is 5.88 Å². The largest absolute Gasteiger partial charge is 0.494 e. The van der Waals surface area contributed by atoms with E-state index in [0.717, 1.165) is 17.8 Å². The fourth-order valence-corrected chi connectivity index (χ4v) is 5.22. The van der Waals surface area contributed by atoms with E-state index in [-0.39, 0.29) is 11.4 Å². The number of nitrogens with one attached hydrogen (secondary N) is 1. The molecule has 1 saturated heterocycles. The molecule has 36 heavy (non-hydrogen) atoms. The van der Waals surface area contributed by atoms with Crippen LogP contribution < -0.4 is 0 Å². The summed E-state index contributed by atoms with van der Waals surface area (Å²) in [5, 5.41) is 20.9. The third kappa shape index (κ3) is 4.77. The van der Waals surface area contributed by atoms with E-state index < -0.39 is 5.97 Å². The number of rotatable bonds is 6. The summed E-state index contributed by atoms with van der Waals surface area (Å²) in [7, 11) is 0. The van der Waals surface area contributed by atoms with E-state index in [1.807, 2.05) is 42.5 Å². The number of piperidine rings is 1. The molecule has 0 saturated carbocycles. The van der Waals surface area contributed by atoms with Crippen molar-refractivity contribution < 1.29 is 15.0 Å². The maximum atomic E-state index is 11.4. The van der Waals surface area contributed by atoms with E-state index >= 15 is 0 Å². The molecule has 1 fully saturated rings. The molecule has 5 rings (SSSR count). The number of aromatic hydroxyl groups is 1. The zero-order valence-electron chi connectivity index (χ0n) is 20.6. The quantitative estimate of drug-likeness (QED) is 0.274. The third-order valence-corrected chi connectivity index (χ3v) is 7.23. The van der Waals surface area contributed by atoms with Crippen LogP contribution in [-0.4, -0.2) is 43.9 Å². The maximum Gasteiger partial charge on any atom is 0.335 e. The van der Waals surface area contributed by atoms with Crippen LogP contribution >= 0.6 is 0 Å². The average Bonchev–Trinajstić information content (AvgIpc) is 3.21. The molecular formula is C30H31N3O3. The molecule has 1 aliphatic rings. The van der Waals surface area contributed by atoms with Crippen molar-refractivity contribution in [2.24, 2.45) is 4.99 Å². The van der Waals surface area contributed by atoms with E-state index in [2.05, 4.69) is 35.9 Å². The van der Waals surface area contributed by atoms with E-state index in [0.29, 0.717) is 34.3 Å². The standard InChI is InChI=1S/C30H31N3O3/c1-19-7-6-8-20(2)33(19)18-21-11-14-24(15-12-21)31-28(22-9-4-3-5-10-22)27-25-16-13-23(30(35)36)17-26(25)32-29(27)34/h3-5,9-17,19-20,32,34H,6-8,18H2,1-2H3,(H,35,36). The number of fused-ring (bicyclic) bond motifs is 1. The Morgan fingerprint density at radius 1 is 0.972 bits per heavy atom. The summed E-state index contributed by atoms with van der Waals surface area (Å²) in [4.78, 5) is 21.9.